The number of ether oxygens (including phenoxy) is 2. The highest BCUT2D eigenvalue weighted by atomic mass is 16.5. The van der Waals surface area contributed by atoms with Crippen LogP contribution in [0.25, 0.3) is 0 Å². The molecule has 0 heterocycles. The molecule has 0 saturated carbocycles. The number of fused-ring (bicyclic) bond motifs is 1. The summed E-state index contributed by atoms with van der Waals surface area (Å²) in [5.41, 5.74) is 3.75. The Kier molecular flexibility index (Phi) is 6.35. The van der Waals surface area contributed by atoms with Crippen molar-refractivity contribution in [3.63, 3.8) is 0 Å². The minimum Gasteiger partial charge on any atom is -0.493 e. The zero-order valence-electron chi connectivity index (χ0n) is 16.3. The van der Waals surface area contributed by atoms with Gasteiger partial charge in [-0.25, -0.2) is 0 Å². The molecule has 0 bridgehead atoms. The van der Waals surface area contributed by atoms with Gasteiger partial charge in [-0.05, 0) is 55.1 Å². The Balaban J connectivity index is 1.57. The maximum Gasteiger partial charge on any atom is 0.234 e. The van der Waals surface area contributed by atoms with E-state index in [1.54, 1.807) is 14.2 Å². The number of amides is 1. The molecule has 1 N–H and O–H groups in total. The molecule has 0 aromatic heterocycles. The molecule has 0 aliphatic heterocycles. The van der Waals surface area contributed by atoms with Crippen molar-refractivity contribution >= 4 is 5.91 Å². The van der Waals surface area contributed by atoms with Gasteiger partial charge in [-0.1, -0.05) is 30.3 Å². The third-order valence-corrected chi connectivity index (χ3v) is 5.20. The van der Waals surface area contributed by atoms with Crippen molar-refractivity contribution in [3.05, 3.63) is 59.2 Å². The van der Waals surface area contributed by atoms with Gasteiger partial charge >= 0.3 is 0 Å². The summed E-state index contributed by atoms with van der Waals surface area (Å²) < 4.78 is 10.6. The molecule has 1 amide bonds. The Morgan fingerprint density at radius 3 is 2.70 bits per heavy atom. The molecule has 2 aromatic rings. The summed E-state index contributed by atoms with van der Waals surface area (Å²) in [5.74, 6) is 1.37. The van der Waals surface area contributed by atoms with E-state index in [9.17, 15) is 4.79 Å². The standard InChI is InChI=1S/C22H28N2O3/c1-24(19-10-6-8-17-7-4-5-9-18(17)19)15-22(25)23-14-16-11-12-20(26-2)21(13-16)27-3/h4-5,7,9,11-13,19H,6,8,10,14-15H2,1-3H3,(H,23,25). The monoisotopic (exact) mass is 368 g/mol. The van der Waals surface area contributed by atoms with Crippen LogP contribution in [0.5, 0.6) is 11.5 Å². The molecule has 5 heteroatoms. The minimum atomic E-state index is 0.0235. The molecule has 1 atom stereocenters. The molecule has 144 valence electrons. The van der Waals surface area contributed by atoms with Crippen LogP contribution in [-0.2, 0) is 17.8 Å². The van der Waals surface area contributed by atoms with Crippen molar-refractivity contribution in [2.75, 3.05) is 27.8 Å². The molecule has 1 aliphatic rings. The van der Waals surface area contributed by atoms with E-state index < -0.39 is 0 Å². The molecule has 0 radical (unpaired) electrons. The zero-order chi connectivity index (χ0) is 19.2. The SMILES string of the molecule is COc1ccc(CNC(=O)CN(C)C2CCCc3ccccc32)cc1OC. The molecule has 0 saturated heterocycles. The minimum absolute atomic E-state index is 0.0235. The van der Waals surface area contributed by atoms with Gasteiger partial charge in [0.05, 0.1) is 20.8 Å². The van der Waals surface area contributed by atoms with E-state index >= 15 is 0 Å². The fourth-order valence-electron chi connectivity index (χ4n) is 3.77. The zero-order valence-corrected chi connectivity index (χ0v) is 16.3. The highest BCUT2D eigenvalue weighted by Gasteiger charge is 2.24. The molecular weight excluding hydrogens is 340 g/mol. The Labute approximate surface area is 161 Å². The summed E-state index contributed by atoms with van der Waals surface area (Å²) in [6.45, 7) is 0.848. The van der Waals surface area contributed by atoms with Gasteiger partial charge in [0.1, 0.15) is 0 Å². The first-order valence-electron chi connectivity index (χ1n) is 9.38. The Morgan fingerprint density at radius 2 is 1.93 bits per heavy atom. The molecule has 0 fully saturated rings. The van der Waals surface area contributed by atoms with Gasteiger partial charge in [-0.3, -0.25) is 9.69 Å². The smallest absolute Gasteiger partial charge is 0.234 e. The van der Waals surface area contributed by atoms with Crippen molar-refractivity contribution in [2.24, 2.45) is 0 Å². The van der Waals surface area contributed by atoms with Crippen molar-refractivity contribution in [2.45, 2.75) is 31.8 Å². The van der Waals surface area contributed by atoms with Crippen LogP contribution in [0.1, 0.15) is 35.6 Å². The van der Waals surface area contributed by atoms with Crippen molar-refractivity contribution in [1.29, 1.82) is 0 Å². The van der Waals surface area contributed by atoms with Gasteiger partial charge in [0.2, 0.25) is 5.91 Å². The average molecular weight is 368 g/mol. The third kappa shape index (κ3) is 4.61. The summed E-state index contributed by atoms with van der Waals surface area (Å²) in [6.07, 6.45) is 3.39. The molecular formula is C22H28N2O3. The quantitative estimate of drug-likeness (QED) is 0.814. The molecule has 0 spiro atoms. The van der Waals surface area contributed by atoms with Gasteiger partial charge in [-0.15, -0.1) is 0 Å². The summed E-state index contributed by atoms with van der Waals surface area (Å²) in [5, 5.41) is 3.00. The summed E-state index contributed by atoms with van der Waals surface area (Å²) in [6, 6.07) is 14.6. The lowest BCUT2D eigenvalue weighted by Crippen LogP contribution is -2.37. The molecule has 2 aromatic carbocycles. The predicted octanol–water partition coefficient (Wildman–Crippen LogP) is 3.33. The van der Waals surface area contributed by atoms with Crippen LogP contribution in [0.4, 0.5) is 0 Å². The van der Waals surface area contributed by atoms with Crippen LogP contribution in [0.3, 0.4) is 0 Å². The average Bonchev–Trinajstić information content (AvgIpc) is 2.71. The van der Waals surface area contributed by atoms with E-state index in [1.807, 2.05) is 25.2 Å². The largest absolute Gasteiger partial charge is 0.493 e. The van der Waals surface area contributed by atoms with Crippen LogP contribution in [0, 0.1) is 0 Å². The van der Waals surface area contributed by atoms with Crippen LogP contribution in [-0.4, -0.2) is 38.6 Å². The lowest BCUT2D eigenvalue weighted by atomic mass is 9.87. The van der Waals surface area contributed by atoms with Crippen LogP contribution < -0.4 is 14.8 Å². The van der Waals surface area contributed by atoms with Crippen LogP contribution in [0.2, 0.25) is 0 Å². The van der Waals surface area contributed by atoms with Gasteiger partial charge in [0.25, 0.3) is 0 Å². The summed E-state index contributed by atoms with van der Waals surface area (Å²) >= 11 is 0. The topological polar surface area (TPSA) is 50.8 Å². The maximum atomic E-state index is 12.5. The van der Waals surface area contributed by atoms with Gasteiger partial charge in [-0.2, -0.15) is 0 Å². The summed E-state index contributed by atoms with van der Waals surface area (Å²) in [7, 11) is 5.25. The Morgan fingerprint density at radius 1 is 1.15 bits per heavy atom. The van der Waals surface area contributed by atoms with E-state index in [1.165, 1.54) is 17.5 Å². The number of likely N-dealkylation sites (N-methyl/N-ethyl adjacent to an activating group) is 1. The first-order valence-corrected chi connectivity index (χ1v) is 9.38. The third-order valence-electron chi connectivity index (χ3n) is 5.20. The van der Waals surface area contributed by atoms with E-state index in [4.69, 9.17) is 9.47 Å². The second-order valence-corrected chi connectivity index (χ2v) is 6.99. The number of rotatable bonds is 7. The lowest BCUT2D eigenvalue weighted by molar-refractivity contribution is -0.122. The first-order chi connectivity index (χ1) is 13.1. The second kappa shape index (κ2) is 8.91. The first kappa shape index (κ1) is 19.2. The number of hydrogen-bond donors (Lipinski definition) is 1. The lowest BCUT2D eigenvalue weighted by Gasteiger charge is -2.32. The van der Waals surface area contributed by atoms with E-state index in [-0.39, 0.29) is 5.91 Å². The number of methoxy groups -OCH3 is 2. The van der Waals surface area contributed by atoms with Crippen molar-refractivity contribution in [3.8, 4) is 11.5 Å². The molecule has 3 rings (SSSR count). The highest BCUT2D eigenvalue weighted by molar-refractivity contribution is 5.78. The van der Waals surface area contributed by atoms with Gasteiger partial charge in [0, 0.05) is 12.6 Å². The Hall–Kier alpha value is -2.53. The Bertz CT molecular complexity index is 791. The fourth-order valence-corrected chi connectivity index (χ4v) is 3.77. The predicted molar refractivity (Wildman–Crippen MR) is 106 cm³/mol. The second-order valence-electron chi connectivity index (χ2n) is 6.99. The summed E-state index contributed by atoms with van der Waals surface area (Å²) in [4.78, 5) is 14.6. The molecule has 1 unspecified atom stereocenters. The van der Waals surface area contributed by atoms with Crippen molar-refractivity contribution in [1.82, 2.24) is 10.2 Å². The number of nitrogens with one attached hydrogen (secondary N) is 1. The van der Waals surface area contributed by atoms with Gasteiger partial charge in [0.15, 0.2) is 11.5 Å². The number of benzene rings is 2. The number of carbonyl (C=O) groups is 1. The molecule has 1 aliphatic carbocycles. The molecule has 5 nitrogen and oxygen atoms in total. The molecule has 27 heavy (non-hydrogen) atoms. The van der Waals surface area contributed by atoms with Crippen molar-refractivity contribution < 1.29 is 14.3 Å². The van der Waals surface area contributed by atoms with Crippen LogP contribution in [0.15, 0.2) is 42.5 Å². The van der Waals surface area contributed by atoms with E-state index in [0.717, 1.165) is 18.4 Å². The number of nitrogens with zero attached hydrogens (tertiary/aromatic N) is 1. The van der Waals surface area contributed by atoms with E-state index in [0.29, 0.717) is 30.6 Å². The van der Waals surface area contributed by atoms with Crippen LogP contribution >= 0.6 is 0 Å². The normalized spacial score (nSPS) is 15.9. The highest BCUT2D eigenvalue weighted by Crippen LogP contribution is 2.33. The number of hydrogen-bond acceptors (Lipinski definition) is 4. The maximum absolute atomic E-state index is 12.5. The number of carbonyl (C=O) groups excluding carboxylic acids is 1. The van der Waals surface area contributed by atoms with Gasteiger partial charge < -0.3 is 14.8 Å². The fraction of sp³-hybridized carbons (Fsp3) is 0.409. The number of aryl methyl sites for hydroxylation is 1. The van der Waals surface area contributed by atoms with E-state index in [2.05, 4.69) is 34.5 Å².